The molecule has 2 atom stereocenters. The minimum absolute atomic E-state index is 0.0229. The van der Waals surface area contributed by atoms with Crippen LogP contribution in [-0.2, 0) is 11.2 Å². The molecule has 1 aliphatic heterocycles. The molecule has 1 unspecified atom stereocenters. The molecule has 1 aromatic carbocycles. The second-order valence-corrected chi connectivity index (χ2v) is 7.44. The Bertz CT molecular complexity index is 453. The summed E-state index contributed by atoms with van der Waals surface area (Å²) in [4.78, 5) is 12.0. The molecule has 1 aliphatic rings. The van der Waals surface area contributed by atoms with Gasteiger partial charge >= 0.3 is 6.09 Å². The molecule has 5 heteroatoms. The molecule has 0 saturated carbocycles. The highest BCUT2D eigenvalue weighted by Gasteiger charge is 2.28. The topological polar surface area (TPSA) is 50.4 Å². The number of hydrogen-bond acceptors (Lipinski definition) is 4. The molecule has 0 radical (unpaired) electrons. The van der Waals surface area contributed by atoms with Gasteiger partial charge in [0, 0.05) is 12.3 Å². The molecular formula is C16H24N2O2S. The van der Waals surface area contributed by atoms with Gasteiger partial charge in [-0.05, 0) is 32.8 Å². The molecule has 4 nitrogen and oxygen atoms in total. The van der Waals surface area contributed by atoms with Gasteiger partial charge in [-0.1, -0.05) is 30.3 Å². The Morgan fingerprint density at radius 2 is 2.14 bits per heavy atom. The van der Waals surface area contributed by atoms with Crippen LogP contribution >= 0.6 is 11.8 Å². The lowest BCUT2D eigenvalue weighted by molar-refractivity contribution is 0.0501. The van der Waals surface area contributed by atoms with Crippen LogP contribution in [0.3, 0.4) is 0 Å². The average molecular weight is 308 g/mol. The van der Waals surface area contributed by atoms with Crippen LogP contribution in [0.5, 0.6) is 0 Å². The van der Waals surface area contributed by atoms with Crippen molar-refractivity contribution in [2.45, 2.75) is 44.2 Å². The normalized spacial score (nSPS) is 20.0. The van der Waals surface area contributed by atoms with E-state index in [1.54, 1.807) is 0 Å². The zero-order chi connectivity index (χ0) is 15.3. The first-order chi connectivity index (χ1) is 9.94. The van der Waals surface area contributed by atoms with Crippen molar-refractivity contribution < 1.29 is 9.53 Å². The predicted octanol–water partition coefficient (Wildman–Crippen LogP) is 2.78. The second kappa shape index (κ2) is 7.18. The van der Waals surface area contributed by atoms with E-state index in [1.807, 2.05) is 50.7 Å². The SMILES string of the molecule is CC(C)(C)OC(=O)NC(Cc1ccccc1)[C@H]1NCCS1. The molecule has 2 N–H and O–H groups in total. The lowest BCUT2D eigenvalue weighted by Gasteiger charge is -2.27. The Morgan fingerprint density at radius 1 is 1.43 bits per heavy atom. The molecule has 2 rings (SSSR count). The maximum absolute atomic E-state index is 12.0. The van der Waals surface area contributed by atoms with Crippen LogP contribution in [0.2, 0.25) is 0 Å². The maximum atomic E-state index is 12.0. The Morgan fingerprint density at radius 3 is 2.71 bits per heavy atom. The summed E-state index contributed by atoms with van der Waals surface area (Å²) < 4.78 is 5.38. The van der Waals surface area contributed by atoms with Crippen LogP contribution in [0.1, 0.15) is 26.3 Å². The summed E-state index contributed by atoms with van der Waals surface area (Å²) in [6, 6.07) is 10.2. The molecule has 0 aliphatic carbocycles. The second-order valence-electron chi connectivity index (χ2n) is 6.19. The van der Waals surface area contributed by atoms with Crippen molar-refractivity contribution in [2.75, 3.05) is 12.3 Å². The van der Waals surface area contributed by atoms with E-state index in [4.69, 9.17) is 4.74 Å². The van der Waals surface area contributed by atoms with Gasteiger partial charge in [-0.15, -0.1) is 11.8 Å². The summed E-state index contributed by atoms with van der Waals surface area (Å²) in [5.41, 5.74) is 0.741. The zero-order valence-corrected chi connectivity index (χ0v) is 13.7. The van der Waals surface area contributed by atoms with E-state index < -0.39 is 5.60 Å². The van der Waals surface area contributed by atoms with Crippen LogP contribution in [0.25, 0.3) is 0 Å². The quantitative estimate of drug-likeness (QED) is 0.898. The van der Waals surface area contributed by atoms with Crippen molar-refractivity contribution >= 4 is 17.9 Å². The highest BCUT2D eigenvalue weighted by atomic mass is 32.2. The molecule has 0 bridgehead atoms. The minimum Gasteiger partial charge on any atom is -0.444 e. The van der Waals surface area contributed by atoms with Gasteiger partial charge in [0.05, 0.1) is 11.4 Å². The average Bonchev–Trinajstić information content (AvgIpc) is 2.90. The first kappa shape index (κ1) is 16.2. The number of carbonyl (C=O) groups excluding carboxylic acids is 1. The predicted molar refractivity (Wildman–Crippen MR) is 87.6 cm³/mol. The molecule has 0 spiro atoms. The summed E-state index contributed by atoms with van der Waals surface area (Å²) >= 11 is 1.85. The van der Waals surface area contributed by atoms with E-state index >= 15 is 0 Å². The summed E-state index contributed by atoms with van der Waals surface area (Å²) in [6.07, 6.45) is 0.447. The number of thioether (sulfide) groups is 1. The van der Waals surface area contributed by atoms with E-state index in [9.17, 15) is 4.79 Å². The number of nitrogens with one attached hydrogen (secondary N) is 2. The van der Waals surface area contributed by atoms with Crippen molar-refractivity contribution in [3.8, 4) is 0 Å². The van der Waals surface area contributed by atoms with Gasteiger partial charge in [0.15, 0.2) is 0 Å². The third-order valence-electron chi connectivity index (χ3n) is 3.11. The third-order valence-corrected chi connectivity index (χ3v) is 4.41. The smallest absolute Gasteiger partial charge is 0.407 e. The number of alkyl carbamates (subject to hydrolysis) is 1. The molecule has 1 amide bonds. The molecular weight excluding hydrogens is 284 g/mol. The highest BCUT2D eigenvalue weighted by Crippen LogP contribution is 2.20. The first-order valence-electron chi connectivity index (χ1n) is 7.32. The monoisotopic (exact) mass is 308 g/mol. The highest BCUT2D eigenvalue weighted by molar-refractivity contribution is 8.00. The van der Waals surface area contributed by atoms with Crippen molar-refractivity contribution in [3.63, 3.8) is 0 Å². The fraction of sp³-hybridized carbons (Fsp3) is 0.562. The van der Waals surface area contributed by atoms with Gasteiger partial charge in [-0.25, -0.2) is 4.79 Å². The van der Waals surface area contributed by atoms with Gasteiger partial charge in [0.25, 0.3) is 0 Å². The largest absolute Gasteiger partial charge is 0.444 e. The Hall–Kier alpha value is -1.20. The Labute approximate surface area is 131 Å². The zero-order valence-electron chi connectivity index (χ0n) is 12.9. The molecule has 21 heavy (non-hydrogen) atoms. The van der Waals surface area contributed by atoms with Crippen molar-refractivity contribution in [1.82, 2.24) is 10.6 Å². The Balaban J connectivity index is 2.00. The van der Waals surface area contributed by atoms with Gasteiger partial charge < -0.3 is 15.4 Å². The number of amides is 1. The summed E-state index contributed by atoms with van der Waals surface area (Å²) in [5.74, 6) is 1.08. The van der Waals surface area contributed by atoms with Crippen LogP contribution in [0.4, 0.5) is 4.79 Å². The molecule has 116 valence electrons. The summed E-state index contributed by atoms with van der Waals surface area (Å²) in [7, 11) is 0. The molecule has 1 fully saturated rings. The minimum atomic E-state index is -0.475. The van der Waals surface area contributed by atoms with Gasteiger partial charge in [0.1, 0.15) is 5.60 Å². The van der Waals surface area contributed by atoms with Crippen LogP contribution in [0, 0.1) is 0 Å². The molecule has 1 saturated heterocycles. The van der Waals surface area contributed by atoms with Crippen LogP contribution in [-0.4, -0.2) is 35.4 Å². The van der Waals surface area contributed by atoms with Crippen molar-refractivity contribution in [1.29, 1.82) is 0 Å². The van der Waals surface area contributed by atoms with Gasteiger partial charge in [-0.2, -0.15) is 0 Å². The van der Waals surface area contributed by atoms with E-state index in [-0.39, 0.29) is 17.5 Å². The molecule has 1 heterocycles. The number of ether oxygens (including phenoxy) is 1. The third kappa shape index (κ3) is 5.59. The van der Waals surface area contributed by atoms with E-state index in [0.29, 0.717) is 0 Å². The van der Waals surface area contributed by atoms with Gasteiger partial charge in [-0.3, -0.25) is 0 Å². The van der Waals surface area contributed by atoms with Crippen LogP contribution in [0.15, 0.2) is 30.3 Å². The number of benzene rings is 1. The fourth-order valence-corrected chi connectivity index (χ4v) is 3.39. The molecule has 1 aromatic rings. The lowest BCUT2D eigenvalue weighted by Crippen LogP contribution is -2.49. The number of hydrogen-bond donors (Lipinski definition) is 2. The van der Waals surface area contributed by atoms with E-state index in [1.165, 1.54) is 5.56 Å². The first-order valence-corrected chi connectivity index (χ1v) is 8.37. The van der Waals surface area contributed by atoms with Gasteiger partial charge in [0.2, 0.25) is 0 Å². The molecule has 0 aromatic heterocycles. The van der Waals surface area contributed by atoms with E-state index in [2.05, 4.69) is 22.8 Å². The number of carbonyl (C=O) groups is 1. The maximum Gasteiger partial charge on any atom is 0.407 e. The van der Waals surface area contributed by atoms with Crippen LogP contribution < -0.4 is 10.6 Å². The van der Waals surface area contributed by atoms with E-state index in [0.717, 1.165) is 18.7 Å². The summed E-state index contributed by atoms with van der Waals surface area (Å²) in [6.45, 7) is 6.61. The standard InChI is InChI=1S/C16H24N2O2S/c1-16(2,3)20-15(19)18-13(14-17-9-10-21-14)11-12-7-5-4-6-8-12/h4-8,13-14,17H,9-11H2,1-3H3,(H,18,19)/t13?,14-/m0/s1. The summed E-state index contributed by atoms with van der Waals surface area (Å²) in [5, 5.41) is 6.69. The lowest BCUT2D eigenvalue weighted by atomic mass is 10.1. The van der Waals surface area contributed by atoms with Crippen molar-refractivity contribution in [2.24, 2.45) is 0 Å². The Kier molecular flexibility index (Phi) is 5.53. The fourth-order valence-electron chi connectivity index (χ4n) is 2.27. The number of rotatable bonds is 4. The van der Waals surface area contributed by atoms with Crippen molar-refractivity contribution in [3.05, 3.63) is 35.9 Å².